The third-order valence-corrected chi connectivity index (χ3v) is 3.95. The zero-order chi connectivity index (χ0) is 17.1. The zero-order valence-corrected chi connectivity index (χ0v) is 15.8. The molecule has 0 heterocycles. The largest absolute Gasteiger partial charge is 0.515 e. The Kier molecular flexibility index (Phi) is 8.62. The minimum atomic E-state index is -1.93. The smallest absolute Gasteiger partial charge is 0.342 e. The summed E-state index contributed by atoms with van der Waals surface area (Å²) in [4.78, 5) is 17.6. The lowest BCUT2D eigenvalue weighted by atomic mass is 10.1. The fourth-order valence-corrected chi connectivity index (χ4v) is 2.67. The van der Waals surface area contributed by atoms with Gasteiger partial charge in [-0.25, -0.2) is 4.79 Å². The van der Waals surface area contributed by atoms with E-state index in [1.165, 1.54) is 6.42 Å². The number of benzene rings is 1. The summed E-state index contributed by atoms with van der Waals surface area (Å²) >= 11 is 0. The molecule has 0 amide bonds. The van der Waals surface area contributed by atoms with E-state index in [-0.39, 0.29) is 5.97 Å². The highest BCUT2D eigenvalue weighted by Crippen LogP contribution is 2.10. The first kappa shape index (κ1) is 19.4. The maximum absolute atomic E-state index is 12.3. The van der Waals surface area contributed by atoms with Crippen molar-refractivity contribution in [1.82, 2.24) is 0 Å². The Bertz CT molecular complexity index is 495. The van der Waals surface area contributed by atoms with Crippen LogP contribution in [0.25, 0.3) is 0 Å². The van der Waals surface area contributed by atoms with Gasteiger partial charge in [-0.1, -0.05) is 61.7 Å². The van der Waals surface area contributed by atoms with Gasteiger partial charge in [-0.2, -0.15) is 0 Å². The van der Waals surface area contributed by atoms with Crippen molar-refractivity contribution in [2.75, 3.05) is 0 Å². The summed E-state index contributed by atoms with van der Waals surface area (Å²) in [5.74, 6) is -0.325. The van der Waals surface area contributed by atoms with Gasteiger partial charge in [0.15, 0.2) is 5.71 Å². The standard InChI is InChI=1S/C18H29NO3Si/c1-5-6-7-11-14-17(18(20)22-23(2,3)4)19-21-15-16-12-9-8-10-13-16/h8-10,12-13H,5-7,11,14-15H2,1-4H3. The molecule has 1 rings (SSSR count). The van der Waals surface area contributed by atoms with Crippen LogP contribution in [0.4, 0.5) is 0 Å². The van der Waals surface area contributed by atoms with E-state index in [1.54, 1.807) is 0 Å². The summed E-state index contributed by atoms with van der Waals surface area (Å²) in [6.07, 6.45) is 4.96. The topological polar surface area (TPSA) is 47.9 Å². The van der Waals surface area contributed by atoms with Gasteiger partial charge in [-0.3, -0.25) is 0 Å². The maximum atomic E-state index is 12.3. The molecule has 0 N–H and O–H groups in total. The fourth-order valence-electron chi connectivity index (χ4n) is 2.00. The van der Waals surface area contributed by atoms with E-state index >= 15 is 0 Å². The maximum Gasteiger partial charge on any atom is 0.342 e. The highest BCUT2D eigenvalue weighted by Gasteiger charge is 2.23. The van der Waals surface area contributed by atoms with Crippen molar-refractivity contribution in [3.05, 3.63) is 35.9 Å². The number of unbranched alkanes of at least 4 members (excludes halogenated alkanes) is 3. The molecule has 0 spiro atoms. The number of hydrogen-bond donors (Lipinski definition) is 0. The number of hydrogen-bond acceptors (Lipinski definition) is 4. The molecule has 23 heavy (non-hydrogen) atoms. The van der Waals surface area contributed by atoms with Crippen LogP contribution in [0.3, 0.4) is 0 Å². The van der Waals surface area contributed by atoms with Gasteiger partial charge in [0.25, 0.3) is 0 Å². The van der Waals surface area contributed by atoms with E-state index in [0.717, 1.165) is 24.8 Å². The van der Waals surface area contributed by atoms with Gasteiger partial charge < -0.3 is 9.26 Å². The van der Waals surface area contributed by atoms with Gasteiger partial charge in [0.2, 0.25) is 8.32 Å². The average molecular weight is 336 g/mol. The van der Waals surface area contributed by atoms with Crippen LogP contribution in [0.5, 0.6) is 0 Å². The highest BCUT2D eigenvalue weighted by molar-refractivity contribution is 6.72. The second-order valence-corrected chi connectivity index (χ2v) is 11.0. The molecule has 0 atom stereocenters. The molecule has 0 fully saturated rings. The predicted octanol–water partition coefficient (Wildman–Crippen LogP) is 4.91. The van der Waals surface area contributed by atoms with Gasteiger partial charge in [0.05, 0.1) is 0 Å². The van der Waals surface area contributed by atoms with Crippen LogP contribution in [0.15, 0.2) is 35.5 Å². The van der Waals surface area contributed by atoms with Crippen LogP contribution < -0.4 is 0 Å². The van der Waals surface area contributed by atoms with Crippen LogP contribution >= 0.6 is 0 Å². The normalized spacial score (nSPS) is 12.1. The minimum Gasteiger partial charge on any atom is -0.515 e. The Morgan fingerprint density at radius 2 is 1.78 bits per heavy atom. The third-order valence-electron chi connectivity index (χ3n) is 3.15. The second-order valence-electron chi connectivity index (χ2n) is 6.61. The van der Waals surface area contributed by atoms with Crippen molar-refractivity contribution < 1.29 is 14.1 Å². The van der Waals surface area contributed by atoms with Gasteiger partial charge in [0.1, 0.15) is 6.61 Å². The Morgan fingerprint density at radius 3 is 2.39 bits per heavy atom. The molecule has 1 aromatic carbocycles. The molecule has 0 saturated carbocycles. The summed E-state index contributed by atoms with van der Waals surface area (Å²) in [6.45, 7) is 8.50. The highest BCUT2D eigenvalue weighted by atomic mass is 28.4. The summed E-state index contributed by atoms with van der Waals surface area (Å²) in [5, 5.41) is 4.07. The van der Waals surface area contributed by atoms with E-state index in [4.69, 9.17) is 9.26 Å². The van der Waals surface area contributed by atoms with Crippen molar-refractivity contribution >= 4 is 20.0 Å². The lowest BCUT2D eigenvalue weighted by Gasteiger charge is -2.18. The molecular weight excluding hydrogens is 306 g/mol. The van der Waals surface area contributed by atoms with Gasteiger partial charge >= 0.3 is 5.97 Å². The fraction of sp³-hybridized carbons (Fsp3) is 0.556. The van der Waals surface area contributed by atoms with E-state index in [2.05, 4.69) is 12.1 Å². The van der Waals surface area contributed by atoms with Gasteiger partial charge in [-0.15, -0.1) is 0 Å². The molecule has 4 nitrogen and oxygen atoms in total. The average Bonchev–Trinajstić information content (AvgIpc) is 2.49. The van der Waals surface area contributed by atoms with Gasteiger partial charge in [0, 0.05) is 6.42 Å². The molecule has 0 aliphatic carbocycles. The third kappa shape index (κ3) is 9.18. The monoisotopic (exact) mass is 335 g/mol. The Labute approximate surface area is 141 Å². The molecule has 0 radical (unpaired) electrons. The first-order chi connectivity index (χ1) is 10.9. The molecule has 0 aliphatic heterocycles. The zero-order valence-electron chi connectivity index (χ0n) is 14.8. The number of carbonyl (C=O) groups is 1. The molecule has 1 aromatic rings. The lowest BCUT2D eigenvalue weighted by molar-refractivity contribution is -0.128. The van der Waals surface area contributed by atoms with Crippen LogP contribution in [-0.2, 0) is 20.7 Å². The van der Waals surface area contributed by atoms with E-state index in [0.29, 0.717) is 18.7 Å². The Hall–Kier alpha value is -1.62. The first-order valence-corrected chi connectivity index (χ1v) is 11.8. The van der Waals surface area contributed by atoms with E-state index in [1.807, 2.05) is 50.0 Å². The van der Waals surface area contributed by atoms with Crippen molar-refractivity contribution in [1.29, 1.82) is 0 Å². The quantitative estimate of drug-likeness (QED) is 0.264. The molecule has 0 bridgehead atoms. The van der Waals surface area contributed by atoms with Crippen LogP contribution in [-0.4, -0.2) is 20.0 Å². The van der Waals surface area contributed by atoms with Crippen molar-refractivity contribution in [3.63, 3.8) is 0 Å². The Morgan fingerprint density at radius 1 is 1.09 bits per heavy atom. The molecular formula is C18H29NO3Si. The predicted molar refractivity (Wildman–Crippen MR) is 96.9 cm³/mol. The van der Waals surface area contributed by atoms with Crippen LogP contribution in [0, 0.1) is 0 Å². The lowest BCUT2D eigenvalue weighted by Crippen LogP contribution is -2.33. The summed E-state index contributed by atoms with van der Waals surface area (Å²) in [7, 11) is -1.93. The van der Waals surface area contributed by atoms with Gasteiger partial charge in [-0.05, 0) is 31.6 Å². The van der Waals surface area contributed by atoms with Crippen molar-refractivity contribution in [3.8, 4) is 0 Å². The van der Waals surface area contributed by atoms with E-state index < -0.39 is 8.32 Å². The molecule has 0 unspecified atom stereocenters. The summed E-state index contributed by atoms with van der Waals surface area (Å²) in [5.41, 5.74) is 1.43. The Balaban J connectivity index is 2.61. The van der Waals surface area contributed by atoms with E-state index in [9.17, 15) is 4.79 Å². The SMILES string of the molecule is CCCCCCC(=NOCc1ccccc1)C(=O)O[Si](C)(C)C. The first-order valence-electron chi connectivity index (χ1n) is 8.38. The molecule has 0 saturated heterocycles. The number of nitrogens with zero attached hydrogens (tertiary/aromatic N) is 1. The number of rotatable bonds is 10. The summed E-state index contributed by atoms with van der Waals surface area (Å²) in [6, 6.07) is 9.80. The number of oxime groups is 1. The summed E-state index contributed by atoms with van der Waals surface area (Å²) < 4.78 is 5.55. The van der Waals surface area contributed by atoms with Crippen molar-refractivity contribution in [2.24, 2.45) is 5.16 Å². The van der Waals surface area contributed by atoms with Crippen molar-refractivity contribution in [2.45, 2.75) is 65.3 Å². The van der Waals surface area contributed by atoms with Crippen LogP contribution in [0.1, 0.15) is 44.6 Å². The molecule has 0 aromatic heterocycles. The number of carbonyl (C=O) groups excluding carboxylic acids is 1. The second kappa shape index (κ2) is 10.2. The molecule has 0 aliphatic rings. The molecule has 5 heteroatoms. The molecule has 128 valence electrons. The van der Waals surface area contributed by atoms with Crippen LogP contribution in [0.2, 0.25) is 19.6 Å². The minimum absolute atomic E-state index is 0.325.